The summed E-state index contributed by atoms with van der Waals surface area (Å²) in [6, 6.07) is 14.0. The minimum Gasteiger partial charge on any atom is -0.383 e. The third-order valence-corrected chi connectivity index (χ3v) is 5.94. The molecule has 7 heteroatoms. The Hall–Kier alpha value is -3.06. The van der Waals surface area contributed by atoms with E-state index >= 15 is 0 Å². The van der Waals surface area contributed by atoms with Gasteiger partial charge in [0.05, 0.1) is 18.4 Å². The molecule has 0 aromatic heterocycles. The topological polar surface area (TPSA) is 62.2 Å². The third kappa shape index (κ3) is 4.88. The van der Waals surface area contributed by atoms with Crippen LogP contribution in [0.2, 0.25) is 0 Å². The predicted molar refractivity (Wildman–Crippen MR) is 120 cm³/mol. The number of amides is 2. The van der Waals surface area contributed by atoms with Gasteiger partial charge in [0.15, 0.2) is 0 Å². The van der Waals surface area contributed by atoms with Gasteiger partial charge in [0.25, 0.3) is 5.91 Å². The number of nitrogens with zero attached hydrogens (tertiary/aromatic N) is 3. The zero-order valence-corrected chi connectivity index (χ0v) is 18.5. The number of ether oxygens (including phenoxy) is 1. The summed E-state index contributed by atoms with van der Waals surface area (Å²) in [5.74, 6) is -0.663. The Morgan fingerprint density at radius 1 is 1.16 bits per heavy atom. The largest absolute Gasteiger partial charge is 0.383 e. The van der Waals surface area contributed by atoms with Gasteiger partial charge in [-0.1, -0.05) is 48.0 Å². The zero-order chi connectivity index (χ0) is 22.7. The highest BCUT2D eigenvalue weighted by Gasteiger charge is 2.38. The van der Waals surface area contributed by atoms with Gasteiger partial charge in [0.2, 0.25) is 5.91 Å². The molecular formula is C25H28FN3O3. The predicted octanol–water partition coefficient (Wildman–Crippen LogP) is 3.70. The molecule has 1 fully saturated rings. The maximum absolute atomic E-state index is 14.5. The summed E-state index contributed by atoms with van der Waals surface area (Å²) < 4.78 is 19.6. The number of hydrazone groups is 1. The van der Waals surface area contributed by atoms with E-state index in [-0.39, 0.29) is 36.1 Å². The van der Waals surface area contributed by atoms with Crippen LogP contribution in [0, 0.1) is 18.7 Å². The van der Waals surface area contributed by atoms with Gasteiger partial charge in [0, 0.05) is 31.6 Å². The molecular weight excluding hydrogens is 409 g/mol. The Morgan fingerprint density at radius 3 is 2.53 bits per heavy atom. The van der Waals surface area contributed by atoms with Gasteiger partial charge < -0.3 is 9.64 Å². The van der Waals surface area contributed by atoms with Crippen molar-refractivity contribution in [1.29, 1.82) is 0 Å². The second-order valence-corrected chi connectivity index (χ2v) is 8.42. The Bertz CT molecular complexity index is 1020. The Morgan fingerprint density at radius 2 is 1.88 bits per heavy atom. The molecule has 1 aliphatic heterocycles. The normalized spacial score (nSPS) is 17.9. The smallest absolute Gasteiger partial charge is 0.262 e. The quantitative estimate of drug-likeness (QED) is 0.633. The molecule has 2 aromatic rings. The summed E-state index contributed by atoms with van der Waals surface area (Å²) in [7, 11) is 1.57. The molecule has 0 saturated heterocycles. The zero-order valence-electron chi connectivity index (χ0n) is 18.5. The van der Waals surface area contributed by atoms with E-state index < -0.39 is 0 Å². The molecule has 32 heavy (non-hydrogen) atoms. The number of hydrogen-bond donors (Lipinski definition) is 0. The van der Waals surface area contributed by atoms with E-state index in [4.69, 9.17) is 4.74 Å². The number of halogens is 1. The minimum absolute atomic E-state index is 0.00334. The van der Waals surface area contributed by atoms with Crippen LogP contribution in [0.15, 0.2) is 53.6 Å². The first-order chi connectivity index (χ1) is 15.5. The van der Waals surface area contributed by atoms with Gasteiger partial charge in [-0.2, -0.15) is 5.10 Å². The van der Waals surface area contributed by atoms with Crippen molar-refractivity contribution in [3.8, 4) is 0 Å². The van der Waals surface area contributed by atoms with Crippen LogP contribution in [0.5, 0.6) is 0 Å². The Kier molecular flexibility index (Phi) is 6.65. The van der Waals surface area contributed by atoms with E-state index in [0.29, 0.717) is 30.8 Å². The standard InChI is InChI=1S/C25H28FN3O3/c1-17-7-9-18(10-8-17)23-15-22(20-5-3-4-6-21(20)26)27-29(23)24(30)16-28(13-14-32-2)25(31)19-11-12-19/h3-10,19,23H,11-16H2,1-2H3. The number of aryl methyl sites for hydroxylation is 1. The van der Waals surface area contributed by atoms with Crippen molar-refractivity contribution in [3.63, 3.8) is 0 Å². The molecule has 4 rings (SSSR count). The highest BCUT2D eigenvalue weighted by atomic mass is 19.1. The van der Waals surface area contributed by atoms with Crippen molar-refractivity contribution >= 4 is 17.5 Å². The van der Waals surface area contributed by atoms with Gasteiger partial charge in [0.1, 0.15) is 12.4 Å². The molecule has 0 spiro atoms. The lowest BCUT2D eigenvalue weighted by Gasteiger charge is -2.27. The van der Waals surface area contributed by atoms with Crippen LogP contribution in [-0.4, -0.2) is 54.2 Å². The Labute approximate surface area is 187 Å². The monoisotopic (exact) mass is 437 g/mol. The molecule has 1 atom stereocenters. The number of benzene rings is 2. The number of carbonyl (C=O) groups excluding carboxylic acids is 2. The van der Waals surface area contributed by atoms with E-state index in [2.05, 4.69) is 5.10 Å². The van der Waals surface area contributed by atoms with Gasteiger partial charge in [-0.3, -0.25) is 9.59 Å². The molecule has 0 N–H and O–H groups in total. The molecule has 1 aliphatic carbocycles. The van der Waals surface area contributed by atoms with Crippen molar-refractivity contribution in [2.24, 2.45) is 11.0 Å². The van der Waals surface area contributed by atoms with Crippen LogP contribution in [0.3, 0.4) is 0 Å². The highest BCUT2D eigenvalue weighted by Crippen LogP contribution is 2.34. The molecule has 2 aromatic carbocycles. The first kappa shape index (κ1) is 22.1. The van der Waals surface area contributed by atoms with Crippen LogP contribution in [0.4, 0.5) is 4.39 Å². The van der Waals surface area contributed by atoms with Gasteiger partial charge >= 0.3 is 0 Å². The summed E-state index contributed by atoms with van der Waals surface area (Å²) in [5.41, 5.74) is 2.96. The number of hydrogen-bond acceptors (Lipinski definition) is 4. The van der Waals surface area contributed by atoms with Crippen molar-refractivity contribution < 1.29 is 18.7 Å². The van der Waals surface area contributed by atoms with Crippen molar-refractivity contribution in [1.82, 2.24) is 9.91 Å². The van der Waals surface area contributed by atoms with E-state index in [0.717, 1.165) is 24.0 Å². The minimum atomic E-state index is -0.367. The summed E-state index contributed by atoms with van der Waals surface area (Å²) in [6.45, 7) is 2.64. The Balaban J connectivity index is 1.61. The van der Waals surface area contributed by atoms with Crippen LogP contribution >= 0.6 is 0 Å². The maximum Gasteiger partial charge on any atom is 0.262 e. The van der Waals surface area contributed by atoms with Crippen LogP contribution in [-0.2, 0) is 14.3 Å². The van der Waals surface area contributed by atoms with E-state index in [1.54, 1.807) is 30.2 Å². The van der Waals surface area contributed by atoms with E-state index in [1.807, 2.05) is 31.2 Å². The first-order valence-electron chi connectivity index (χ1n) is 11.0. The fourth-order valence-corrected chi connectivity index (χ4v) is 3.94. The highest BCUT2D eigenvalue weighted by molar-refractivity contribution is 6.03. The number of carbonyl (C=O) groups is 2. The number of methoxy groups -OCH3 is 1. The van der Waals surface area contributed by atoms with E-state index in [1.165, 1.54) is 11.1 Å². The number of rotatable bonds is 8. The molecule has 0 radical (unpaired) electrons. The lowest BCUT2D eigenvalue weighted by molar-refractivity contribution is -0.142. The molecule has 1 saturated carbocycles. The van der Waals surface area contributed by atoms with Gasteiger partial charge in [-0.15, -0.1) is 0 Å². The second-order valence-electron chi connectivity index (χ2n) is 8.42. The van der Waals surface area contributed by atoms with E-state index in [9.17, 15) is 14.0 Å². The SMILES string of the molecule is COCCN(CC(=O)N1N=C(c2ccccc2F)CC1c1ccc(C)cc1)C(=O)C1CC1. The van der Waals surface area contributed by atoms with Crippen molar-refractivity contribution in [2.45, 2.75) is 32.2 Å². The van der Waals surface area contributed by atoms with Gasteiger partial charge in [-0.05, 0) is 31.4 Å². The molecule has 2 amide bonds. The lowest BCUT2D eigenvalue weighted by atomic mass is 9.97. The third-order valence-electron chi connectivity index (χ3n) is 5.94. The molecule has 2 aliphatic rings. The maximum atomic E-state index is 14.5. The van der Waals surface area contributed by atoms with Gasteiger partial charge in [-0.25, -0.2) is 9.40 Å². The fourth-order valence-electron chi connectivity index (χ4n) is 3.94. The summed E-state index contributed by atoms with van der Waals surface area (Å²) in [5, 5.41) is 5.97. The second kappa shape index (κ2) is 9.61. The first-order valence-corrected chi connectivity index (χ1v) is 11.0. The molecule has 0 bridgehead atoms. The molecule has 6 nitrogen and oxygen atoms in total. The van der Waals surface area contributed by atoms with Crippen molar-refractivity contribution in [3.05, 3.63) is 71.0 Å². The van der Waals surface area contributed by atoms with Crippen LogP contribution in [0.1, 0.15) is 42.0 Å². The molecule has 1 unspecified atom stereocenters. The summed E-state index contributed by atoms with van der Waals surface area (Å²) >= 11 is 0. The molecule has 168 valence electrons. The van der Waals surface area contributed by atoms with Crippen LogP contribution in [0.25, 0.3) is 0 Å². The average molecular weight is 438 g/mol. The molecule has 1 heterocycles. The summed E-state index contributed by atoms with van der Waals surface area (Å²) in [6.07, 6.45) is 2.13. The van der Waals surface area contributed by atoms with Crippen LogP contribution < -0.4 is 0 Å². The average Bonchev–Trinajstić information content (AvgIpc) is 3.55. The summed E-state index contributed by atoms with van der Waals surface area (Å²) in [4.78, 5) is 27.6. The van der Waals surface area contributed by atoms with Crippen molar-refractivity contribution in [2.75, 3.05) is 26.8 Å². The fraction of sp³-hybridized carbons (Fsp3) is 0.400. The lowest BCUT2D eigenvalue weighted by Crippen LogP contribution is -2.43.